The summed E-state index contributed by atoms with van der Waals surface area (Å²) in [6.07, 6.45) is 0.366. The highest BCUT2D eigenvalue weighted by Crippen LogP contribution is 2.30. The van der Waals surface area contributed by atoms with Gasteiger partial charge in [-0.3, -0.25) is 14.5 Å². The maximum Gasteiger partial charge on any atom is 0.243 e. The van der Waals surface area contributed by atoms with Gasteiger partial charge >= 0.3 is 0 Å². The summed E-state index contributed by atoms with van der Waals surface area (Å²) < 4.78 is 0. The average Bonchev–Trinajstić information content (AvgIpc) is 2.25. The van der Waals surface area contributed by atoms with E-state index in [-0.39, 0.29) is 23.1 Å². The summed E-state index contributed by atoms with van der Waals surface area (Å²) in [7, 11) is 1.42. The fourth-order valence-corrected chi connectivity index (χ4v) is 2.82. The first kappa shape index (κ1) is 10.3. The summed E-state index contributed by atoms with van der Waals surface area (Å²) in [5.41, 5.74) is 0. The maximum absolute atomic E-state index is 11.5. The van der Waals surface area contributed by atoms with Crippen LogP contribution in [-0.4, -0.2) is 28.0 Å². The predicted molar refractivity (Wildman–Crippen MR) is 57.0 cm³/mol. The standard InChI is InChI=1S/C7H10INO2S/c1-4(2)9-6(10)3-5(12-8)7(9)11/h4-5H,3H2,1-2H3. The summed E-state index contributed by atoms with van der Waals surface area (Å²) >= 11 is 2.07. The van der Waals surface area contributed by atoms with Crippen LogP contribution in [0, 0.1) is 0 Å². The Kier molecular flexibility index (Phi) is 3.39. The van der Waals surface area contributed by atoms with Gasteiger partial charge in [0, 0.05) is 12.5 Å². The van der Waals surface area contributed by atoms with E-state index in [9.17, 15) is 9.59 Å². The number of rotatable bonds is 2. The zero-order chi connectivity index (χ0) is 9.30. The van der Waals surface area contributed by atoms with Gasteiger partial charge in [0.05, 0.1) is 0 Å². The lowest BCUT2D eigenvalue weighted by atomic mass is 10.3. The molecule has 0 aromatic rings. The molecular formula is C7H10INO2S. The van der Waals surface area contributed by atoms with E-state index < -0.39 is 0 Å². The molecule has 68 valence electrons. The molecule has 2 amide bonds. The molecule has 1 heterocycles. The van der Waals surface area contributed by atoms with Crippen molar-refractivity contribution in [1.29, 1.82) is 0 Å². The number of hydrogen-bond acceptors (Lipinski definition) is 3. The average molecular weight is 299 g/mol. The van der Waals surface area contributed by atoms with Gasteiger partial charge in [-0.1, -0.05) is 8.93 Å². The van der Waals surface area contributed by atoms with Crippen LogP contribution in [0.3, 0.4) is 0 Å². The molecule has 1 aliphatic rings. The van der Waals surface area contributed by atoms with E-state index in [1.54, 1.807) is 0 Å². The lowest BCUT2D eigenvalue weighted by molar-refractivity contribution is -0.140. The SMILES string of the molecule is CC(C)N1C(=O)CC(SI)C1=O. The predicted octanol–water partition coefficient (Wildman–Crippen LogP) is 1.61. The van der Waals surface area contributed by atoms with Crippen molar-refractivity contribution < 1.29 is 9.59 Å². The second-order valence-corrected chi connectivity index (χ2v) is 5.25. The van der Waals surface area contributed by atoms with Crippen LogP contribution < -0.4 is 0 Å². The van der Waals surface area contributed by atoms with Crippen LogP contribution in [0.5, 0.6) is 0 Å². The molecule has 1 saturated heterocycles. The van der Waals surface area contributed by atoms with Crippen LogP contribution in [0.4, 0.5) is 0 Å². The molecule has 0 aliphatic carbocycles. The van der Waals surface area contributed by atoms with Crippen LogP contribution in [0.15, 0.2) is 0 Å². The van der Waals surface area contributed by atoms with Gasteiger partial charge in [0.15, 0.2) is 0 Å². The van der Waals surface area contributed by atoms with Gasteiger partial charge in [-0.2, -0.15) is 0 Å². The first-order chi connectivity index (χ1) is 5.57. The molecule has 0 aromatic carbocycles. The van der Waals surface area contributed by atoms with E-state index in [2.05, 4.69) is 21.2 Å². The van der Waals surface area contributed by atoms with Crippen molar-refractivity contribution in [3.8, 4) is 0 Å². The van der Waals surface area contributed by atoms with E-state index in [1.165, 1.54) is 13.8 Å². The number of imide groups is 1. The third-order valence-corrected chi connectivity index (χ3v) is 4.19. The van der Waals surface area contributed by atoms with Gasteiger partial charge in [0.25, 0.3) is 0 Å². The van der Waals surface area contributed by atoms with E-state index in [4.69, 9.17) is 0 Å². The third kappa shape index (κ3) is 1.76. The van der Waals surface area contributed by atoms with Crippen LogP contribution in [0.1, 0.15) is 20.3 Å². The van der Waals surface area contributed by atoms with Crippen molar-refractivity contribution in [2.45, 2.75) is 31.6 Å². The van der Waals surface area contributed by atoms with Gasteiger partial charge in [-0.15, -0.1) is 0 Å². The highest BCUT2D eigenvalue weighted by Gasteiger charge is 2.39. The lowest BCUT2D eigenvalue weighted by Crippen LogP contribution is -2.36. The van der Waals surface area contributed by atoms with Crippen molar-refractivity contribution in [1.82, 2.24) is 4.90 Å². The van der Waals surface area contributed by atoms with Crippen LogP contribution in [0.25, 0.3) is 0 Å². The van der Waals surface area contributed by atoms with Crippen LogP contribution >= 0.6 is 30.1 Å². The number of likely N-dealkylation sites (tertiary alicyclic amines) is 1. The molecule has 3 nitrogen and oxygen atoms in total. The third-order valence-electron chi connectivity index (χ3n) is 1.77. The monoisotopic (exact) mass is 299 g/mol. The molecule has 5 heteroatoms. The largest absolute Gasteiger partial charge is 0.279 e. The molecule has 0 N–H and O–H groups in total. The highest BCUT2D eigenvalue weighted by molar-refractivity contribution is 14.2. The molecule has 1 fully saturated rings. The molecule has 0 aromatic heterocycles. The Bertz CT molecular complexity index is 219. The Hall–Kier alpha value is 0.220. The maximum atomic E-state index is 11.5. The smallest absolute Gasteiger partial charge is 0.243 e. The van der Waals surface area contributed by atoms with E-state index in [1.807, 2.05) is 13.8 Å². The number of hydrogen-bond donors (Lipinski definition) is 0. The molecule has 1 atom stereocenters. The zero-order valence-corrected chi connectivity index (χ0v) is 9.89. The van der Waals surface area contributed by atoms with Crippen molar-refractivity contribution in [3.63, 3.8) is 0 Å². The minimum Gasteiger partial charge on any atom is -0.279 e. The van der Waals surface area contributed by atoms with Gasteiger partial charge < -0.3 is 0 Å². The Balaban J connectivity index is 2.77. The summed E-state index contributed by atoms with van der Waals surface area (Å²) in [5.74, 6) is -0.0708. The Labute approximate surface area is 87.8 Å². The Morgan fingerprint density at radius 3 is 2.42 bits per heavy atom. The molecule has 0 spiro atoms. The number of halogens is 1. The Morgan fingerprint density at radius 1 is 1.58 bits per heavy atom. The normalized spacial score (nSPS) is 24.3. The summed E-state index contributed by atoms with van der Waals surface area (Å²) in [4.78, 5) is 24.1. The molecule has 1 rings (SSSR count). The summed E-state index contributed by atoms with van der Waals surface area (Å²) in [5, 5.41) is -0.152. The highest BCUT2D eigenvalue weighted by atomic mass is 127. The van der Waals surface area contributed by atoms with Gasteiger partial charge in [-0.05, 0) is 35.1 Å². The number of carbonyl (C=O) groups is 2. The molecular weight excluding hydrogens is 289 g/mol. The van der Waals surface area contributed by atoms with Crippen LogP contribution in [-0.2, 0) is 9.59 Å². The minimum absolute atomic E-state index is 0.00134. The van der Waals surface area contributed by atoms with E-state index in [0.717, 1.165) is 0 Å². The minimum atomic E-state index is -0.152. The van der Waals surface area contributed by atoms with Crippen molar-refractivity contribution >= 4 is 42.0 Å². The van der Waals surface area contributed by atoms with Gasteiger partial charge in [0.2, 0.25) is 11.8 Å². The molecule has 0 saturated carbocycles. The van der Waals surface area contributed by atoms with E-state index in [0.29, 0.717) is 6.42 Å². The van der Waals surface area contributed by atoms with E-state index >= 15 is 0 Å². The zero-order valence-electron chi connectivity index (χ0n) is 6.91. The summed E-state index contributed by atoms with van der Waals surface area (Å²) in [6.45, 7) is 3.71. The first-order valence-electron chi connectivity index (χ1n) is 3.71. The van der Waals surface area contributed by atoms with Crippen molar-refractivity contribution in [3.05, 3.63) is 0 Å². The lowest BCUT2D eigenvalue weighted by Gasteiger charge is -2.18. The van der Waals surface area contributed by atoms with Crippen LogP contribution in [0.2, 0.25) is 0 Å². The first-order valence-corrected chi connectivity index (χ1v) is 7.13. The van der Waals surface area contributed by atoms with Gasteiger partial charge in [0.1, 0.15) is 5.25 Å². The second-order valence-electron chi connectivity index (χ2n) is 2.98. The number of carbonyl (C=O) groups excluding carboxylic acids is 2. The van der Waals surface area contributed by atoms with Crippen molar-refractivity contribution in [2.24, 2.45) is 0 Å². The number of nitrogens with zero attached hydrogens (tertiary/aromatic N) is 1. The Morgan fingerprint density at radius 2 is 2.17 bits per heavy atom. The van der Waals surface area contributed by atoms with Crippen molar-refractivity contribution in [2.75, 3.05) is 0 Å². The quantitative estimate of drug-likeness (QED) is 0.574. The molecule has 0 radical (unpaired) electrons. The topological polar surface area (TPSA) is 37.4 Å². The number of amides is 2. The molecule has 1 aliphatic heterocycles. The fourth-order valence-electron chi connectivity index (χ4n) is 1.23. The summed E-state index contributed by atoms with van der Waals surface area (Å²) in [6, 6.07) is -0.00134. The second kappa shape index (κ2) is 3.95. The fraction of sp³-hybridized carbons (Fsp3) is 0.714. The molecule has 0 bridgehead atoms. The van der Waals surface area contributed by atoms with Gasteiger partial charge in [-0.25, -0.2) is 0 Å². The molecule has 12 heavy (non-hydrogen) atoms. The molecule has 1 unspecified atom stereocenters.